The molecule has 1 amide bonds. The summed E-state index contributed by atoms with van der Waals surface area (Å²) in [6.07, 6.45) is 1.83. The first kappa shape index (κ1) is 24.7. The first-order chi connectivity index (χ1) is 16.7. The minimum atomic E-state index is -1.39. The molecule has 0 radical (unpaired) electrons. The number of furan rings is 1. The van der Waals surface area contributed by atoms with Crippen molar-refractivity contribution in [2.45, 2.75) is 44.2 Å². The number of halogens is 1. The predicted octanol–water partition coefficient (Wildman–Crippen LogP) is 5.27. The van der Waals surface area contributed by atoms with E-state index in [2.05, 4.69) is 4.90 Å². The number of primary amides is 1. The first-order valence-electron chi connectivity index (χ1n) is 11.8. The Morgan fingerprint density at radius 1 is 1.09 bits per heavy atom. The van der Waals surface area contributed by atoms with Crippen LogP contribution in [0, 0.1) is 18.7 Å². The smallest absolute Gasteiger partial charge is 0.342 e. The maximum Gasteiger partial charge on any atom is 0.342 e. The maximum absolute atomic E-state index is 13.9. The lowest BCUT2D eigenvalue weighted by Crippen LogP contribution is -2.51. The van der Waals surface area contributed by atoms with Gasteiger partial charge in [-0.05, 0) is 76.4 Å². The Labute approximate surface area is 204 Å². The lowest BCUT2D eigenvalue weighted by atomic mass is 9.73. The van der Waals surface area contributed by atoms with E-state index in [1.807, 2.05) is 50.5 Å². The summed E-state index contributed by atoms with van der Waals surface area (Å²) in [4.78, 5) is 27.7. The van der Waals surface area contributed by atoms with Crippen molar-refractivity contribution in [3.05, 3.63) is 83.4 Å². The molecule has 1 fully saturated rings. The molecule has 184 valence electrons. The van der Waals surface area contributed by atoms with E-state index in [-0.39, 0.29) is 23.3 Å². The van der Waals surface area contributed by atoms with Gasteiger partial charge in [-0.25, -0.2) is 9.18 Å². The van der Waals surface area contributed by atoms with Gasteiger partial charge >= 0.3 is 5.97 Å². The zero-order chi connectivity index (χ0) is 25.2. The summed E-state index contributed by atoms with van der Waals surface area (Å²) < 4.78 is 25.5. The number of carbonyl (C=O) groups is 2. The Morgan fingerprint density at radius 3 is 2.37 bits per heavy atom. The molecular formula is C28H31FN2O4. The molecule has 1 atom stereocenters. The largest absolute Gasteiger partial charge is 0.460 e. The average Bonchev–Trinajstić information content (AvgIpc) is 3.22. The second-order valence-corrected chi connectivity index (χ2v) is 9.50. The first-order valence-corrected chi connectivity index (χ1v) is 11.8. The van der Waals surface area contributed by atoms with Gasteiger partial charge in [0, 0.05) is 11.6 Å². The number of esters is 1. The number of benzene rings is 2. The van der Waals surface area contributed by atoms with Crippen molar-refractivity contribution in [3.63, 3.8) is 0 Å². The van der Waals surface area contributed by atoms with Gasteiger partial charge in [0.2, 0.25) is 0 Å². The van der Waals surface area contributed by atoms with Crippen LogP contribution in [-0.2, 0) is 9.53 Å². The van der Waals surface area contributed by atoms with Crippen LogP contribution in [-0.4, -0.2) is 36.5 Å². The Bertz CT molecular complexity index is 1200. The quantitative estimate of drug-likeness (QED) is 0.468. The van der Waals surface area contributed by atoms with Gasteiger partial charge in [0.1, 0.15) is 22.9 Å². The molecule has 4 rings (SSSR count). The lowest BCUT2D eigenvalue weighted by molar-refractivity contribution is -0.142. The van der Waals surface area contributed by atoms with Gasteiger partial charge < -0.3 is 19.8 Å². The SMILES string of the molecule is Cc1oc(-c2ccccc2)cc1C(=O)OC1(C(N)=O)CCC(C(c2cccc(F)c2)N(C)C)CC1. The van der Waals surface area contributed by atoms with Gasteiger partial charge in [-0.2, -0.15) is 0 Å². The number of carbonyl (C=O) groups excluding carboxylic acids is 2. The normalized spacial score (nSPS) is 21.0. The molecule has 1 aromatic heterocycles. The number of ether oxygens (including phenoxy) is 1. The van der Waals surface area contributed by atoms with E-state index < -0.39 is 17.5 Å². The van der Waals surface area contributed by atoms with Crippen molar-refractivity contribution in [2.75, 3.05) is 14.1 Å². The molecule has 2 N–H and O–H groups in total. The number of rotatable bonds is 7. The molecule has 6 nitrogen and oxygen atoms in total. The topological polar surface area (TPSA) is 85.8 Å². The summed E-state index contributed by atoms with van der Waals surface area (Å²) in [5.74, 6) is -0.438. The molecule has 1 aliphatic rings. The van der Waals surface area contributed by atoms with Crippen LogP contribution in [0.3, 0.4) is 0 Å². The van der Waals surface area contributed by atoms with Gasteiger partial charge in [-0.1, -0.05) is 42.5 Å². The number of hydrogen-bond acceptors (Lipinski definition) is 5. The van der Waals surface area contributed by atoms with Crippen LogP contribution in [0.4, 0.5) is 4.39 Å². The van der Waals surface area contributed by atoms with Crippen molar-refractivity contribution >= 4 is 11.9 Å². The second kappa shape index (κ2) is 10.0. The summed E-state index contributed by atoms with van der Waals surface area (Å²) in [6, 6.07) is 17.6. The highest BCUT2D eigenvalue weighted by Crippen LogP contribution is 2.43. The Morgan fingerprint density at radius 2 is 1.77 bits per heavy atom. The molecular weight excluding hydrogens is 447 g/mol. The fourth-order valence-electron chi connectivity index (χ4n) is 5.17. The summed E-state index contributed by atoms with van der Waals surface area (Å²) in [7, 11) is 3.91. The highest BCUT2D eigenvalue weighted by molar-refractivity contribution is 5.95. The zero-order valence-electron chi connectivity index (χ0n) is 20.3. The minimum absolute atomic E-state index is 0.0307. The number of amides is 1. The highest BCUT2D eigenvalue weighted by Gasteiger charge is 2.46. The van der Waals surface area contributed by atoms with Crippen LogP contribution in [0.15, 0.2) is 65.1 Å². The second-order valence-electron chi connectivity index (χ2n) is 9.50. The highest BCUT2D eigenvalue weighted by atomic mass is 19.1. The monoisotopic (exact) mass is 478 g/mol. The standard InChI is InChI=1S/C28H31FN2O4/c1-18-23(17-24(34-18)19-8-5-4-6-9-19)26(32)35-28(27(30)33)14-12-20(13-15-28)25(31(2)3)21-10-7-11-22(29)16-21/h4-11,16-17,20,25H,12-15H2,1-3H3,(H2,30,33). The Hall–Kier alpha value is -3.45. The summed E-state index contributed by atoms with van der Waals surface area (Å²) >= 11 is 0. The van der Waals surface area contributed by atoms with Crippen LogP contribution in [0.1, 0.15) is 53.4 Å². The third-order valence-corrected chi connectivity index (χ3v) is 6.96. The van der Waals surface area contributed by atoms with Crippen LogP contribution in [0.5, 0.6) is 0 Å². The fraction of sp³-hybridized carbons (Fsp3) is 0.357. The summed E-state index contributed by atoms with van der Waals surface area (Å²) in [5, 5.41) is 0. The average molecular weight is 479 g/mol. The maximum atomic E-state index is 13.9. The van der Waals surface area contributed by atoms with Crippen molar-refractivity contribution < 1.29 is 23.1 Å². The lowest BCUT2D eigenvalue weighted by Gasteiger charge is -2.41. The zero-order valence-corrected chi connectivity index (χ0v) is 20.3. The van der Waals surface area contributed by atoms with Crippen LogP contribution in [0.2, 0.25) is 0 Å². The van der Waals surface area contributed by atoms with E-state index in [1.165, 1.54) is 6.07 Å². The molecule has 1 aliphatic carbocycles. The third kappa shape index (κ3) is 5.15. The fourth-order valence-corrected chi connectivity index (χ4v) is 5.17. The van der Waals surface area contributed by atoms with Crippen molar-refractivity contribution in [2.24, 2.45) is 11.7 Å². The third-order valence-electron chi connectivity index (χ3n) is 6.96. The van der Waals surface area contributed by atoms with E-state index in [1.54, 1.807) is 25.1 Å². The molecule has 0 bridgehead atoms. The van der Waals surface area contributed by atoms with E-state index in [4.69, 9.17) is 14.9 Å². The van der Waals surface area contributed by atoms with E-state index in [0.29, 0.717) is 37.2 Å². The van der Waals surface area contributed by atoms with Crippen molar-refractivity contribution in [3.8, 4) is 11.3 Å². The van der Waals surface area contributed by atoms with E-state index in [9.17, 15) is 14.0 Å². The number of nitrogens with two attached hydrogens (primary N) is 1. The number of nitrogens with zero attached hydrogens (tertiary/aromatic N) is 1. The summed E-state index contributed by atoms with van der Waals surface area (Å²) in [6.45, 7) is 1.69. The van der Waals surface area contributed by atoms with Gasteiger partial charge in [-0.15, -0.1) is 0 Å². The van der Waals surface area contributed by atoms with E-state index >= 15 is 0 Å². The predicted molar refractivity (Wildman–Crippen MR) is 131 cm³/mol. The van der Waals surface area contributed by atoms with Crippen molar-refractivity contribution in [1.29, 1.82) is 0 Å². The molecule has 35 heavy (non-hydrogen) atoms. The Kier molecular flexibility index (Phi) is 7.08. The molecule has 0 aliphatic heterocycles. The number of hydrogen-bond donors (Lipinski definition) is 1. The van der Waals surface area contributed by atoms with Crippen LogP contribution < -0.4 is 5.73 Å². The molecule has 1 unspecified atom stereocenters. The van der Waals surface area contributed by atoms with Gasteiger partial charge in [0.15, 0.2) is 5.60 Å². The van der Waals surface area contributed by atoms with Crippen molar-refractivity contribution in [1.82, 2.24) is 4.90 Å². The minimum Gasteiger partial charge on any atom is -0.460 e. The van der Waals surface area contributed by atoms with E-state index in [0.717, 1.165) is 11.1 Å². The number of aryl methyl sites for hydroxylation is 1. The van der Waals surface area contributed by atoms with Gasteiger partial charge in [-0.3, -0.25) is 4.79 Å². The molecule has 1 heterocycles. The Balaban J connectivity index is 1.51. The molecule has 0 saturated heterocycles. The molecule has 7 heteroatoms. The van der Waals surface area contributed by atoms with Gasteiger partial charge in [0.05, 0.1) is 0 Å². The van der Waals surface area contributed by atoms with Crippen LogP contribution >= 0.6 is 0 Å². The summed E-state index contributed by atoms with van der Waals surface area (Å²) in [5.41, 5.74) is 6.39. The van der Waals surface area contributed by atoms with Gasteiger partial charge in [0.25, 0.3) is 5.91 Å². The molecule has 1 saturated carbocycles. The molecule has 0 spiro atoms. The molecule has 2 aromatic carbocycles. The van der Waals surface area contributed by atoms with Crippen LogP contribution in [0.25, 0.3) is 11.3 Å². The molecule has 3 aromatic rings.